The SMILES string of the molecule is Cl.c1ccc2sc(CN3CCC(C4CCCN4)CC3)nc2c1. The van der Waals surface area contributed by atoms with Gasteiger partial charge in [-0.1, -0.05) is 12.1 Å². The molecule has 2 aromatic rings. The topological polar surface area (TPSA) is 28.2 Å². The molecule has 1 atom stereocenters. The van der Waals surface area contributed by atoms with Gasteiger partial charge in [-0.3, -0.25) is 4.90 Å². The highest BCUT2D eigenvalue weighted by molar-refractivity contribution is 7.18. The Balaban J connectivity index is 0.00000144. The Labute approximate surface area is 142 Å². The molecule has 3 nitrogen and oxygen atoms in total. The van der Waals surface area contributed by atoms with Gasteiger partial charge < -0.3 is 5.32 Å². The second-order valence-corrected chi connectivity index (χ2v) is 7.51. The van der Waals surface area contributed by atoms with Crippen molar-refractivity contribution in [3.63, 3.8) is 0 Å². The van der Waals surface area contributed by atoms with E-state index in [-0.39, 0.29) is 12.4 Å². The molecule has 0 aliphatic carbocycles. The predicted octanol–water partition coefficient (Wildman–Crippen LogP) is 3.68. The molecule has 1 unspecified atom stereocenters. The van der Waals surface area contributed by atoms with Crippen molar-refractivity contribution >= 4 is 34.0 Å². The number of thiazole rings is 1. The largest absolute Gasteiger partial charge is 0.314 e. The van der Waals surface area contributed by atoms with Crippen molar-refractivity contribution in [2.24, 2.45) is 5.92 Å². The van der Waals surface area contributed by atoms with Gasteiger partial charge >= 0.3 is 0 Å². The Morgan fingerprint density at radius 2 is 2.00 bits per heavy atom. The number of nitrogens with one attached hydrogen (secondary N) is 1. The molecule has 2 aliphatic rings. The summed E-state index contributed by atoms with van der Waals surface area (Å²) in [5.74, 6) is 0.902. The minimum absolute atomic E-state index is 0. The third-order valence-electron chi connectivity index (χ3n) is 5.00. The van der Waals surface area contributed by atoms with Gasteiger partial charge in [0.2, 0.25) is 0 Å². The van der Waals surface area contributed by atoms with Crippen LogP contribution in [0.5, 0.6) is 0 Å². The fourth-order valence-corrected chi connectivity index (χ4v) is 4.82. The molecular weight excluding hydrogens is 314 g/mol. The van der Waals surface area contributed by atoms with Crippen LogP contribution in [0.25, 0.3) is 10.2 Å². The van der Waals surface area contributed by atoms with Gasteiger partial charge in [-0.2, -0.15) is 0 Å². The summed E-state index contributed by atoms with van der Waals surface area (Å²) in [5.41, 5.74) is 1.16. The van der Waals surface area contributed by atoms with Crippen molar-refractivity contribution in [1.82, 2.24) is 15.2 Å². The summed E-state index contributed by atoms with van der Waals surface area (Å²) in [6.45, 7) is 4.73. The predicted molar refractivity (Wildman–Crippen MR) is 95.9 cm³/mol. The molecule has 3 heterocycles. The van der Waals surface area contributed by atoms with Crippen LogP contribution in [0.15, 0.2) is 24.3 Å². The lowest BCUT2D eigenvalue weighted by Gasteiger charge is -2.34. The van der Waals surface area contributed by atoms with Crippen LogP contribution in [0.1, 0.15) is 30.7 Å². The van der Waals surface area contributed by atoms with Gasteiger partial charge in [-0.15, -0.1) is 23.7 Å². The number of benzene rings is 1. The van der Waals surface area contributed by atoms with E-state index < -0.39 is 0 Å². The van der Waals surface area contributed by atoms with E-state index in [9.17, 15) is 0 Å². The maximum absolute atomic E-state index is 4.77. The zero-order valence-corrected chi connectivity index (χ0v) is 14.5. The van der Waals surface area contributed by atoms with Crippen LogP contribution in [0.3, 0.4) is 0 Å². The van der Waals surface area contributed by atoms with Crippen LogP contribution in [0.2, 0.25) is 0 Å². The third kappa shape index (κ3) is 3.46. The first-order chi connectivity index (χ1) is 10.4. The number of rotatable bonds is 3. The van der Waals surface area contributed by atoms with E-state index >= 15 is 0 Å². The first kappa shape index (κ1) is 16.2. The molecule has 0 spiro atoms. The van der Waals surface area contributed by atoms with E-state index in [1.165, 1.54) is 55.0 Å². The number of para-hydroxylation sites is 1. The van der Waals surface area contributed by atoms with E-state index in [0.29, 0.717) is 0 Å². The lowest BCUT2D eigenvalue weighted by Crippen LogP contribution is -2.40. The van der Waals surface area contributed by atoms with Crippen LogP contribution >= 0.6 is 23.7 Å². The average molecular weight is 338 g/mol. The number of aromatic nitrogens is 1. The maximum atomic E-state index is 4.77. The molecule has 0 saturated carbocycles. The smallest absolute Gasteiger partial charge is 0.108 e. The summed E-state index contributed by atoms with van der Waals surface area (Å²) < 4.78 is 1.32. The maximum Gasteiger partial charge on any atom is 0.108 e. The first-order valence-electron chi connectivity index (χ1n) is 8.19. The summed E-state index contributed by atoms with van der Waals surface area (Å²) in [6.07, 6.45) is 5.46. The standard InChI is InChI=1S/C17H23N3S.ClH/c1-2-6-16-15(4-1)19-17(21-16)12-20-10-7-13(8-11-20)14-5-3-9-18-14;/h1-2,4,6,13-14,18H,3,5,7-12H2;1H. The quantitative estimate of drug-likeness (QED) is 0.926. The fourth-order valence-electron chi connectivity index (χ4n) is 3.81. The van der Waals surface area contributed by atoms with E-state index in [4.69, 9.17) is 4.98 Å². The van der Waals surface area contributed by atoms with Crippen molar-refractivity contribution in [2.75, 3.05) is 19.6 Å². The number of likely N-dealkylation sites (tertiary alicyclic amines) is 1. The number of hydrogen-bond acceptors (Lipinski definition) is 4. The monoisotopic (exact) mass is 337 g/mol. The van der Waals surface area contributed by atoms with Gasteiger partial charge in [-0.05, 0) is 63.4 Å². The van der Waals surface area contributed by atoms with Gasteiger partial charge in [0.15, 0.2) is 0 Å². The average Bonchev–Trinajstić information content (AvgIpc) is 3.17. The zero-order valence-electron chi connectivity index (χ0n) is 12.8. The van der Waals surface area contributed by atoms with Crippen molar-refractivity contribution in [2.45, 2.75) is 38.3 Å². The number of fused-ring (bicyclic) bond motifs is 1. The highest BCUT2D eigenvalue weighted by Crippen LogP contribution is 2.28. The molecule has 2 saturated heterocycles. The van der Waals surface area contributed by atoms with Crippen molar-refractivity contribution in [3.8, 4) is 0 Å². The normalized spacial score (nSPS) is 23.7. The molecule has 4 rings (SSSR count). The molecular formula is C17H24ClN3S. The van der Waals surface area contributed by atoms with Gasteiger partial charge in [0.1, 0.15) is 5.01 Å². The molecule has 5 heteroatoms. The molecule has 0 radical (unpaired) electrons. The lowest BCUT2D eigenvalue weighted by molar-refractivity contribution is 0.157. The second kappa shape index (κ2) is 7.26. The van der Waals surface area contributed by atoms with E-state index in [0.717, 1.165) is 24.0 Å². The summed E-state index contributed by atoms with van der Waals surface area (Å²) >= 11 is 1.85. The molecule has 1 aromatic heterocycles. The van der Waals surface area contributed by atoms with Crippen molar-refractivity contribution in [1.29, 1.82) is 0 Å². The van der Waals surface area contributed by atoms with Gasteiger partial charge in [0.25, 0.3) is 0 Å². The van der Waals surface area contributed by atoms with Gasteiger partial charge in [0.05, 0.1) is 16.8 Å². The first-order valence-corrected chi connectivity index (χ1v) is 9.00. The van der Waals surface area contributed by atoms with Crippen molar-refractivity contribution < 1.29 is 0 Å². The Morgan fingerprint density at radius 1 is 1.18 bits per heavy atom. The molecule has 0 bridgehead atoms. The molecule has 1 aromatic carbocycles. The number of hydrogen-bond donors (Lipinski definition) is 1. The summed E-state index contributed by atoms with van der Waals surface area (Å²) in [7, 11) is 0. The number of halogens is 1. The Morgan fingerprint density at radius 3 is 2.73 bits per heavy atom. The van der Waals surface area contributed by atoms with Gasteiger partial charge in [0, 0.05) is 6.04 Å². The Bertz CT molecular complexity index is 568. The highest BCUT2D eigenvalue weighted by atomic mass is 35.5. The highest BCUT2D eigenvalue weighted by Gasteiger charge is 2.28. The van der Waals surface area contributed by atoms with Crippen LogP contribution in [0.4, 0.5) is 0 Å². The molecule has 2 aliphatic heterocycles. The molecule has 120 valence electrons. The van der Waals surface area contributed by atoms with Gasteiger partial charge in [-0.25, -0.2) is 4.98 Å². The second-order valence-electron chi connectivity index (χ2n) is 6.39. The van der Waals surface area contributed by atoms with Crippen LogP contribution < -0.4 is 5.32 Å². The fraction of sp³-hybridized carbons (Fsp3) is 0.588. The minimum Gasteiger partial charge on any atom is -0.314 e. The molecule has 0 amide bonds. The summed E-state index contributed by atoms with van der Waals surface area (Å²) in [5, 5.41) is 4.95. The molecule has 2 fully saturated rings. The Kier molecular flexibility index (Phi) is 5.34. The third-order valence-corrected chi connectivity index (χ3v) is 6.02. The summed E-state index contributed by atoms with van der Waals surface area (Å²) in [6, 6.07) is 9.27. The molecule has 22 heavy (non-hydrogen) atoms. The van der Waals surface area contributed by atoms with E-state index in [2.05, 4.69) is 34.5 Å². The van der Waals surface area contributed by atoms with Crippen LogP contribution in [-0.4, -0.2) is 35.6 Å². The summed E-state index contributed by atoms with van der Waals surface area (Å²) in [4.78, 5) is 7.35. The zero-order chi connectivity index (χ0) is 14.1. The number of piperidine rings is 1. The molecule has 1 N–H and O–H groups in total. The van der Waals surface area contributed by atoms with Crippen molar-refractivity contribution in [3.05, 3.63) is 29.3 Å². The lowest BCUT2D eigenvalue weighted by atomic mass is 9.88. The minimum atomic E-state index is 0. The van der Waals surface area contributed by atoms with E-state index in [1.54, 1.807) is 0 Å². The van der Waals surface area contributed by atoms with Crippen LogP contribution in [0, 0.1) is 5.92 Å². The van der Waals surface area contributed by atoms with E-state index in [1.807, 2.05) is 11.3 Å². The Hall–Kier alpha value is -0.680. The van der Waals surface area contributed by atoms with Crippen LogP contribution in [-0.2, 0) is 6.54 Å². The number of nitrogens with zero attached hydrogens (tertiary/aromatic N) is 2.